The van der Waals surface area contributed by atoms with Crippen molar-refractivity contribution in [3.8, 4) is 28.2 Å². The zero-order chi connectivity index (χ0) is 19.8. The van der Waals surface area contributed by atoms with Crippen molar-refractivity contribution in [3.05, 3.63) is 101 Å². The van der Waals surface area contributed by atoms with E-state index in [0.29, 0.717) is 0 Å². The van der Waals surface area contributed by atoms with E-state index in [4.69, 9.17) is 10.1 Å². The van der Waals surface area contributed by atoms with E-state index in [9.17, 15) is 0 Å². The molecular weight excluding hydrogens is 422 g/mol. The van der Waals surface area contributed by atoms with Gasteiger partial charge in [0.15, 0.2) is 5.65 Å². The summed E-state index contributed by atoms with van der Waals surface area (Å²) in [6, 6.07) is 31.0. The van der Waals surface area contributed by atoms with Crippen LogP contribution in [0.15, 0.2) is 95.5 Å². The summed E-state index contributed by atoms with van der Waals surface area (Å²) in [4.78, 5) is 5.01. The molecule has 2 aromatic heterocycles. The van der Waals surface area contributed by atoms with Gasteiger partial charge in [-0.3, -0.25) is 0 Å². The van der Waals surface area contributed by atoms with Gasteiger partial charge in [-0.1, -0.05) is 76.1 Å². The van der Waals surface area contributed by atoms with Crippen LogP contribution in [0.2, 0.25) is 0 Å². The van der Waals surface area contributed by atoms with E-state index in [-0.39, 0.29) is 0 Å². The highest BCUT2D eigenvalue weighted by Crippen LogP contribution is 2.31. The van der Waals surface area contributed by atoms with Crippen LogP contribution in [0.3, 0.4) is 0 Å². The van der Waals surface area contributed by atoms with Crippen molar-refractivity contribution in [1.29, 1.82) is 0 Å². The molecule has 0 atom stereocenters. The standard InChI is InChI=1S/C25H18BrN3/c1-17-7-9-18(10-8-17)23-16-15-22-24(19-11-13-20(26)14-12-19)28-29(25(22)27-23)21-5-3-2-4-6-21/h2-16H,1H3. The van der Waals surface area contributed by atoms with Crippen molar-refractivity contribution < 1.29 is 0 Å². The Labute approximate surface area is 177 Å². The number of hydrogen-bond acceptors (Lipinski definition) is 2. The van der Waals surface area contributed by atoms with Crippen LogP contribution in [0.4, 0.5) is 0 Å². The number of hydrogen-bond donors (Lipinski definition) is 0. The SMILES string of the molecule is Cc1ccc(-c2ccc3c(-c4ccc(Br)cc4)nn(-c4ccccc4)c3n2)cc1. The average molecular weight is 440 g/mol. The maximum absolute atomic E-state index is 5.01. The first-order valence-corrected chi connectivity index (χ1v) is 10.3. The molecule has 4 heteroatoms. The first kappa shape index (κ1) is 17.8. The lowest BCUT2D eigenvalue weighted by atomic mass is 10.1. The quantitative estimate of drug-likeness (QED) is 0.308. The highest BCUT2D eigenvalue weighted by molar-refractivity contribution is 9.10. The number of pyridine rings is 1. The number of rotatable bonds is 3. The van der Waals surface area contributed by atoms with Gasteiger partial charge in [0, 0.05) is 21.0 Å². The molecule has 140 valence electrons. The first-order valence-electron chi connectivity index (χ1n) is 9.47. The molecule has 0 fully saturated rings. The molecule has 0 aliphatic heterocycles. The van der Waals surface area contributed by atoms with Crippen LogP contribution in [0, 0.1) is 6.92 Å². The van der Waals surface area contributed by atoms with Crippen molar-refractivity contribution in [2.75, 3.05) is 0 Å². The molecule has 0 unspecified atom stereocenters. The summed E-state index contributed by atoms with van der Waals surface area (Å²) in [7, 11) is 0. The third-order valence-electron chi connectivity index (χ3n) is 5.00. The minimum Gasteiger partial charge on any atom is -0.228 e. The largest absolute Gasteiger partial charge is 0.228 e. The number of benzene rings is 3. The molecule has 0 saturated carbocycles. The Morgan fingerprint density at radius 2 is 1.41 bits per heavy atom. The lowest BCUT2D eigenvalue weighted by molar-refractivity contribution is 0.901. The molecule has 3 nitrogen and oxygen atoms in total. The maximum Gasteiger partial charge on any atom is 0.164 e. The third-order valence-corrected chi connectivity index (χ3v) is 5.53. The van der Waals surface area contributed by atoms with E-state index in [1.54, 1.807) is 0 Å². The maximum atomic E-state index is 5.01. The molecule has 0 aliphatic rings. The molecule has 0 amide bonds. The van der Waals surface area contributed by atoms with E-state index < -0.39 is 0 Å². The molecule has 5 rings (SSSR count). The van der Waals surface area contributed by atoms with Crippen LogP contribution < -0.4 is 0 Å². The van der Waals surface area contributed by atoms with Gasteiger partial charge in [-0.05, 0) is 43.3 Å². The molecule has 0 spiro atoms. The van der Waals surface area contributed by atoms with Gasteiger partial charge in [-0.25, -0.2) is 9.67 Å². The molecule has 2 heterocycles. The predicted molar refractivity (Wildman–Crippen MR) is 122 cm³/mol. The monoisotopic (exact) mass is 439 g/mol. The Balaban J connectivity index is 1.75. The van der Waals surface area contributed by atoms with Gasteiger partial charge in [0.25, 0.3) is 0 Å². The fraction of sp³-hybridized carbons (Fsp3) is 0.0400. The minimum atomic E-state index is 0.854. The lowest BCUT2D eigenvalue weighted by Gasteiger charge is -2.05. The summed E-state index contributed by atoms with van der Waals surface area (Å²) in [6.45, 7) is 2.09. The summed E-state index contributed by atoms with van der Waals surface area (Å²) in [5.74, 6) is 0. The Bertz CT molecular complexity index is 1290. The Morgan fingerprint density at radius 1 is 0.724 bits per heavy atom. The van der Waals surface area contributed by atoms with E-state index in [0.717, 1.165) is 43.7 Å². The van der Waals surface area contributed by atoms with Crippen molar-refractivity contribution in [1.82, 2.24) is 14.8 Å². The zero-order valence-electron chi connectivity index (χ0n) is 15.9. The highest BCUT2D eigenvalue weighted by Gasteiger charge is 2.16. The Morgan fingerprint density at radius 3 is 2.14 bits per heavy atom. The van der Waals surface area contributed by atoms with E-state index in [1.807, 2.05) is 35.0 Å². The fourth-order valence-corrected chi connectivity index (χ4v) is 3.72. The number of aromatic nitrogens is 3. The summed E-state index contributed by atoms with van der Waals surface area (Å²) in [5, 5.41) is 5.98. The third kappa shape index (κ3) is 3.36. The van der Waals surface area contributed by atoms with Gasteiger partial charge >= 0.3 is 0 Å². The normalized spacial score (nSPS) is 11.1. The average Bonchev–Trinajstić information content (AvgIpc) is 3.14. The van der Waals surface area contributed by atoms with Crippen molar-refractivity contribution in [2.45, 2.75) is 6.92 Å². The number of halogens is 1. The van der Waals surface area contributed by atoms with E-state index >= 15 is 0 Å². The molecule has 0 N–H and O–H groups in total. The van der Waals surface area contributed by atoms with Crippen LogP contribution in [-0.2, 0) is 0 Å². The molecule has 29 heavy (non-hydrogen) atoms. The highest BCUT2D eigenvalue weighted by atomic mass is 79.9. The molecule has 0 radical (unpaired) electrons. The molecule has 3 aromatic carbocycles. The van der Waals surface area contributed by atoms with Gasteiger partial charge < -0.3 is 0 Å². The summed E-state index contributed by atoms with van der Waals surface area (Å²) in [5.41, 5.74) is 7.13. The summed E-state index contributed by atoms with van der Waals surface area (Å²) >= 11 is 3.51. The van der Waals surface area contributed by atoms with Gasteiger partial charge in [-0.2, -0.15) is 5.10 Å². The van der Waals surface area contributed by atoms with E-state index in [2.05, 4.69) is 83.5 Å². The number of fused-ring (bicyclic) bond motifs is 1. The van der Waals surface area contributed by atoms with E-state index in [1.165, 1.54) is 5.56 Å². The van der Waals surface area contributed by atoms with Gasteiger partial charge in [0.2, 0.25) is 0 Å². The second-order valence-corrected chi connectivity index (χ2v) is 7.95. The smallest absolute Gasteiger partial charge is 0.164 e. The van der Waals surface area contributed by atoms with Gasteiger partial charge in [-0.15, -0.1) is 0 Å². The molecule has 5 aromatic rings. The lowest BCUT2D eigenvalue weighted by Crippen LogP contribution is -1.98. The number of para-hydroxylation sites is 1. The Kier molecular flexibility index (Phi) is 4.49. The first-order chi connectivity index (χ1) is 14.2. The van der Waals surface area contributed by atoms with Crippen LogP contribution in [0.1, 0.15) is 5.56 Å². The number of nitrogens with zero attached hydrogens (tertiary/aromatic N) is 3. The van der Waals surface area contributed by atoms with Crippen LogP contribution in [0.25, 0.3) is 39.2 Å². The van der Waals surface area contributed by atoms with Gasteiger partial charge in [0.1, 0.15) is 5.69 Å². The molecule has 0 saturated heterocycles. The number of aryl methyl sites for hydroxylation is 1. The minimum absolute atomic E-state index is 0.854. The van der Waals surface area contributed by atoms with Gasteiger partial charge in [0.05, 0.1) is 11.4 Å². The van der Waals surface area contributed by atoms with Crippen LogP contribution in [0.5, 0.6) is 0 Å². The summed E-state index contributed by atoms with van der Waals surface area (Å²) < 4.78 is 2.98. The zero-order valence-corrected chi connectivity index (χ0v) is 17.5. The Hall–Kier alpha value is -3.24. The second-order valence-electron chi connectivity index (χ2n) is 7.04. The predicted octanol–water partition coefficient (Wildman–Crippen LogP) is 6.83. The molecule has 0 bridgehead atoms. The molecule has 0 aliphatic carbocycles. The van der Waals surface area contributed by atoms with Crippen LogP contribution in [-0.4, -0.2) is 14.8 Å². The molecular formula is C25H18BrN3. The van der Waals surface area contributed by atoms with Crippen molar-refractivity contribution >= 4 is 27.0 Å². The van der Waals surface area contributed by atoms with Crippen molar-refractivity contribution in [3.63, 3.8) is 0 Å². The van der Waals surface area contributed by atoms with Crippen LogP contribution >= 0.6 is 15.9 Å². The fourth-order valence-electron chi connectivity index (χ4n) is 3.45. The summed E-state index contributed by atoms with van der Waals surface area (Å²) in [6.07, 6.45) is 0. The topological polar surface area (TPSA) is 30.7 Å². The van der Waals surface area contributed by atoms with Crippen molar-refractivity contribution in [2.24, 2.45) is 0 Å². The second kappa shape index (κ2) is 7.30.